The molecule has 0 bridgehead atoms. The molecule has 0 aliphatic heterocycles. The lowest BCUT2D eigenvalue weighted by atomic mass is 10.0. The zero-order valence-corrected chi connectivity index (χ0v) is 19.8. The zero-order chi connectivity index (χ0) is 23.5. The molecule has 33 heavy (non-hydrogen) atoms. The van der Waals surface area contributed by atoms with Crippen LogP contribution < -0.4 is 11.1 Å². The van der Waals surface area contributed by atoms with E-state index in [0.29, 0.717) is 31.0 Å². The number of nitrogens with zero attached hydrogens (tertiary/aromatic N) is 2. The molecular formula is C27H34N4O2. The topological polar surface area (TPSA) is 80.4 Å². The number of nitrogens with one attached hydrogen (secondary N) is 1. The van der Waals surface area contributed by atoms with E-state index in [2.05, 4.69) is 34.3 Å². The monoisotopic (exact) mass is 446 g/mol. The molecule has 6 heteroatoms. The van der Waals surface area contributed by atoms with Crippen molar-refractivity contribution in [3.63, 3.8) is 0 Å². The first-order valence-corrected chi connectivity index (χ1v) is 11.8. The molecule has 2 aromatic carbocycles. The van der Waals surface area contributed by atoms with Crippen molar-refractivity contribution in [2.45, 2.75) is 45.2 Å². The Labute approximate surface area is 195 Å². The van der Waals surface area contributed by atoms with Gasteiger partial charge in [-0.05, 0) is 66.1 Å². The molecule has 1 heterocycles. The molecule has 0 saturated heterocycles. The molecule has 3 aromatic rings. The van der Waals surface area contributed by atoms with E-state index in [1.54, 1.807) is 0 Å². The van der Waals surface area contributed by atoms with Crippen LogP contribution in [0.2, 0.25) is 0 Å². The Morgan fingerprint density at radius 3 is 2.55 bits per heavy atom. The molecule has 4 rings (SSSR count). The highest BCUT2D eigenvalue weighted by Crippen LogP contribution is 2.30. The van der Waals surface area contributed by atoms with Gasteiger partial charge in [0.25, 0.3) is 5.91 Å². The van der Waals surface area contributed by atoms with Crippen molar-refractivity contribution in [1.29, 1.82) is 0 Å². The first-order chi connectivity index (χ1) is 15.9. The number of fused-ring (bicyclic) bond motifs is 1. The van der Waals surface area contributed by atoms with E-state index in [9.17, 15) is 9.59 Å². The van der Waals surface area contributed by atoms with Crippen LogP contribution in [0.3, 0.4) is 0 Å². The highest BCUT2D eigenvalue weighted by molar-refractivity contribution is 5.95. The van der Waals surface area contributed by atoms with Crippen LogP contribution in [0.25, 0.3) is 22.0 Å². The molecule has 0 spiro atoms. The van der Waals surface area contributed by atoms with Gasteiger partial charge in [0.1, 0.15) is 0 Å². The molecule has 3 N–H and O–H groups in total. The van der Waals surface area contributed by atoms with Gasteiger partial charge < -0.3 is 20.5 Å². The molecule has 1 aliphatic carbocycles. The van der Waals surface area contributed by atoms with Gasteiger partial charge >= 0.3 is 0 Å². The number of aromatic nitrogens is 1. The summed E-state index contributed by atoms with van der Waals surface area (Å²) in [6.07, 6.45) is 5.55. The summed E-state index contributed by atoms with van der Waals surface area (Å²) in [6, 6.07) is 14.5. The van der Waals surface area contributed by atoms with Crippen LogP contribution in [0, 0.1) is 5.92 Å². The quantitative estimate of drug-likeness (QED) is 0.574. The first kappa shape index (κ1) is 23.1. The highest BCUT2D eigenvalue weighted by atomic mass is 16.2. The molecular weight excluding hydrogens is 412 g/mol. The molecule has 1 aliphatic rings. The van der Waals surface area contributed by atoms with Crippen LogP contribution >= 0.6 is 0 Å². The standard InChI is InChI=1S/C27H34N4O2/c1-4-26(32)29-16-18-5-11-23(13-18)31(3)27(33)20-8-6-19(7-9-20)21-10-12-25-24(14-21)22(15-28)17-30(25)2/h6-10,12,14,17-18,23H,4-5,11,13,15-16,28H2,1-3H3,(H,29,32)/t18?,23-/m0/s1. The first-order valence-electron chi connectivity index (χ1n) is 11.8. The van der Waals surface area contributed by atoms with Gasteiger partial charge in [0, 0.05) is 62.3 Å². The van der Waals surface area contributed by atoms with Gasteiger partial charge in [0.2, 0.25) is 5.91 Å². The smallest absolute Gasteiger partial charge is 0.253 e. The average Bonchev–Trinajstić information content (AvgIpc) is 3.45. The van der Waals surface area contributed by atoms with Crippen molar-refractivity contribution in [2.75, 3.05) is 13.6 Å². The SMILES string of the molecule is CCC(=O)NCC1CC[C@H](N(C)C(=O)c2ccc(-c3ccc4c(c3)c(CN)cn4C)cc2)C1. The summed E-state index contributed by atoms with van der Waals surface area (Å²) in [4.78, 5) is 26.5. The van der Waals surface area contributed by atoms with Crippen LogP contribution in [0.4, 0.5) is 0 Å². The van der Waals surface area contributed by atoms with E-state index in [1.807, 2.05) is 50.2 Å². The maximum absolute atomic E-state index is 13.1. The molecule has 1 saturated carbocycles. The Morgan fingerprint density at radius 2 is 1.85 bits per heavy atom. The Bertz CT molecular complexity index is 1150. The molecule has 1 unspecified atom stereocenters. The summed E-state index contributed by atoms with van der Waals surface area (Å²) in [5, 5.41) is 4.16. The second kappa shape index (κ2) is 9.79. The van der Waals surface area contributed by atoms with Gasteiger partial charge in [-0.2, -0.15) is 0 Å². The van der Waals surface area contributed by atoms with Crippen molar-refractivity contribution in [3.05, 3.63) is 59.8 Å². The third kappa shape index (κ3) is 4.81. The van der Waals surface area contributed by atoms with Gasteiger partial charge in [-0.25, -0.2) is 0 Å². The maximum atomic E-state index is 13.1. The fraction of sp³-hybridized carbons (Fsp3) is 0.407. The van der Waals surface area contributed by atoms with Gasteiger partial charge in [-0.3, -0.25) is 9.59 Å². The van der Waals surface area contributed by atoms with Gasteiger partial charge in [-0.15, -0.1) is 0 Å². The summed E-state index contributed by atoms with van der Waals surface area (Å²) in [5.41, 5.74) is 11.1. The molecule has 1 fully saturated rings. The number of carbonyl (C=O) groups excluding carboxylic acids is 2. The van der Waals surface area contributed by atoms with Crippen LogP contribution in [0.15, 0.2) is 48.7 Å². The number of hydrogen-bond donors (Lipinski definition) is 2. The van der Waals surface area contributed by atoms with Gasteiger partial charge in [0.15, 0.2) is 0 Å². The maximum Gasteiger partial charge on any atom is 0.253 e. The highest BCUT2D eigenvalue weighted by Gasteiger charge is 2.30. The number of aryl methyl sites for hydroxylation is 1. The second-order valence-corrected chi connectivity index (χ2v) is 9.19. The van der Waals surface area contributed by atoms with Crippen LogP contribution in [-0.4, -0.2) is 40.9 Å². The van der Waals surface area contributed by atoms with Crippen LogP contribution in [0.5, 0.6) is 0 Å². The van der Waals surface area contributed by atoms with Crippen molar-refractivity contribution in [2.24, 2.45) is 18.7 Å². The molecule has 2 amide bonds. The van der Waals surface area contributed by atoms with Gasteiger partial charge in [0.05, 0.1) is 0 Å². The zero-order valence-electron chi connectivity index (χ0n) is 19.8. The molecule has 6 nitrogen and oxygen atoms in total. The van der Waals surface area contributed by atoms with E-state index in [0.717, 1.165) is 41.5 Å². The predicted molar refractivity (Wildman–Crippen MR) is 133 cm³/mol. The molecule has 174 valence electrons. The minimum Gasteiger partial charge on any atom is -0.356 e. The Morgan fingerprint density at radius 1 is 1.12 bits per heavy atom. The van der Waals surface area contributed by atoms with Crippen molar-refractivity contribution in [3.8, 4) is 11.1 Å². The fourth-order valence-electron chi connectivity index (χ4n) is 4.96. The summed E-state index contributed by atoms with van der Waals surface area (Å²) in [5.74, 6) is 0.580. The number of amides is 2. The number of carbonyl (C=O) groups is 2. The van der Waals surface area contributed by atoms with E-state index < -0.39 is 0 Å². The average molecular weight is 447 g/mol. The summed E-state index contributed by atoms with van der Waals surface area (Å²) in [7, 11) is 3.93. The van der Waals surface area contributed by atoms with Crippen LogP contribution in [-0.2, 0) is 18.4 Å². The minimum absolute atomic E-state index is 0.0497. The van der Waals surface area contributed by atoms with Crippen LogP contribution in [0.1, 0.15) is 48.5 Å². The molecule has 2 atom stereocenters. The summed E-state index contributed by atoms with van der Waals surface area (Å²) in [6.45, 7) is 3.08. The summed E-state index contributed by atoms with van der Waals surface area (Å²) < 4.78 is 2.10. The number of rotatable bonds is 7. The van der Waals surface area contributed by atoms with E-state index in [-0.39, 0.29) is 17.9 Å². The van der Waals surface area contributed by atoms with E-state index in [4.69, 9.17) is 5.73 Å². The second-order valence-electron chi connectivity index (χ2n) is 9.19. The Kier molecular flexibility index (Phi) is 6.84. The lowest BCUT2D eigenvalue weighted by molar-refractivity contribution is -0.120. The largest absolute Gasteiger partial charge is 0.356 e. The van der Waals surface area contributed by atoms with E-state index in [1.165, 1.54) is 5.39 Å². The summed E-state index contributed by atoms with van der Waals surface area (Å²) >= 11 is 0. The molecule has 1 aromatic heterocycles. The van der Waals surface area contributed by atoms with Gasteiger partial charge in [-0.1, -0.05) is 25.1 Å². The predicted octanol–water partition coefficient (Wildman–Crippen LogP) is 4.07. The lowest BCUT2D eigenvalue weighted by Crippen LogP contribution is -2.36. The third-order valence-electron chi connectivity index (χ3n) is 7.05. The normalized spacial score (nSPS) is 17.9. The number of benzene rings is 2. The lowest BCUT2D eigenvalue weighted by Gasteiger charge is -2.25. The number of nitrogens with two attached hydrogens (primary N) is 1. The Balaban J connectivity index is 1.43. The third-order valence-corrected chi connectivity index (χ3v) is 7.05. The minimum atomic E-state index is 0.0497. The van der Waals surface area contributed by atoms with Crippen molar-refractivity contribution < 1.29 is 9.59 Å². The van der Waals surface area contributed by atoms with E-state index >= 15 is 0 Å². The Hall–Kier alpha value is -3.12. The van der Waals surface area contributed by atoms with Crippen molar-refractivity contribution >= 4 is 22.7 Å². The van der Waals surface area contributed by atoms with Crippen molar-refractivity contribution in [1.82, 2.24) is 14.8 Å². The number of hydrogen-bond acceptors (Lipinski definition) is 3. The fourth-order valence-corrected chi connectivity index (χ4v) is 4.96. The molecule has 0 radical (unpaired) electrons.